The Bertz CT molecular complexity index is 463. The van der Waals surface area contributed by atoms with Gasteiger partial charge in [0.25, 0.3) is 0 Å². The summed E-state index contributed by atoms with van der Waals surface area (Å²) in [5.41, 5.74) is 0. The predicted molar refractivity (Wildman–Crippen MR) is 85.3 cm³/mol. The van der Waals surface area contributed by atoms with Crippen LogP contribution in [0.3, 0.4) is 0 Å². The Morgan fingerprint density at radius 3 is 2.86 bits per heavy atom. The van der Waals surface area contributed by atoms with Crippen LogP contribution in [0, 0.1) is 11.8 Å². The molecule has 2 atom stereocenters. The number of guanidine groups is 1. The van der Waals surface area contributed by atoms with Crippen LogP contribution in [-0.2, 0) is 0 Å². The summed E-state index contributed by atoms with van der Waals surface area (Å²) < 4.78 is 2.25. The van der Waals surface area contributed by atoms with E-state index in [2.05, 4.69) is 37.9 Å². The Morgan fingerprint density at radius 2 is 2.24 bits per heavy atom. The quantitative estimate of drug-likeness (QED) is 0.685. The molecule has 116 valence electrons. The number of nitrogens with zero attached hydrogens (tertiary/aromatic N) is 4. The van der Waals surface area contributed by atoms with Crippen LogP contribution < -0.4 is 5.32 Å². The fraction of sp³-hybridized carbons (Fsp3) is 0.750. The van der Waals surface area contributed by atoms with Crippen molar-refractivity contribution in [1.82, 2.24) is 19.8 Å². The van der Waals surface area contributed by atoms with Gasteiger partial charge in [0.05, 0.1) is 12.4 Å². The minimum Gasteiger partial charge on any atom is -0.356 e. The Labute approximate surface area is 127 Å². The maximum atomic E-state index is 4.49. The molecule has 0 amide bonds. The van der Waals surface area contributed by atoms with Crippen molar-refractivity contribution in [2.45, 2.75) is 38.6 Å². The fourth-order valence-corrected chi connectivity index (χ4v) is 3.36. The molecule has 1 aliphatic carbocycles. The van der Waals surface area contributed by atoms with Crippen LogP contribution in [0.25, 0.3) is 0 Å². The summed E-state index contributed by atoms with van der Waals surface area (Å²) in [6.45, 7) is 5.53. The van der Waals surface area contributed by atoms with Crippen LogP contribution in [-0.4, -0.2) is 47.1 Å². The minimum atomic E-state index is 0.489. The largest absolute Gasteiger partial charge is 0.356 e. The van der Waals surface area contributed by atoms with Crippen molar-refractivity contribution >= 4 is 5.96 Å². The molecule has 1 saturated carbocycles. The van der Waals surface area contributed by atoms with Gasteiger partial charge in [-0.1, -0.05) is 13.3 Å². The van der Waals surface area contributed by atoms with E-state index in [0.717, 1.165) is 31.5 Å². The standard InChI is InChI=1S/C16H27N5/c1-13-6-8-20(11-15(13)21-9-7-18-12-21)16(17-2)19-10-14-4-3-5-14/h7,9,12-15H,3-6,8,10-11H2,1-2H3,(H,17,19). The third-order valence-corrected chi connectivity index (χ3v) is 5.11. The van der Waals surface area contributed by atoms with Crippen LogP contribution >= 0.6 is 0 Å². The van der Waals surface area contributed by atoms with Gasteiger partial charge in [0, 0.05) is 39.1 Å². The Hall–Kier alpha value is -1.52. The molecule has 2 unspecified atom stereocenters. The van der Waals surface area contributed by atoms with Gasteiger partial charge in [-0.05, 0) is 31.1 Å². The second kappa shape index (κ2) is 6.50. The summed E-state index contributed by atoms with van der Waals surface area (Å²) in [6.07, 6.45) is 11.2. The first-order valence-electron chi connectivity index (χ1n) is 8.21. The highest BCUT2D eigenvalue weighted by Crippen LogP contribution is 2.28. The average molecular weight is 289 g/mol. The minimum absolute atomic E-state index is 0.489. The summed E-state index contributed by atoms with van der Waals surface area (Å²) in [5.74, 6) is 2.61. The Morgan fingerprint density at radius 1 is 1.38 bits per heavy atom. The topological polar surface area (TPSA) is 45.5 Å². The van der Waals surface area contributed by atoms with Gasteiger partial charge in [-0.15, -0.1) is 0 Å². The molecule has 1 aromatic heterocycles. The first-order chi connectivity index (χ1) is 10.3. The summed E-state index contributed by atoms with van der Waals surface area (Å²) in [4.78, 5) is 11.1. The number of nitrogens with one attached hydrogen (secondary N) is 1. The summed E-state index contributed by atoms with van der Waals surface area (Å²) in [6, 6.07) is 0.489. The van der Waals surface area contributed by atoms with Crippen molar-refractivity contribution in [3.63, 3.8) is 0 Å². The van der Waals surface area contributed by atoms with E-state index in [1.165, 1.54) is 25.7 Å². The van der Waals surface area contributed by atoms with Gasteiger partial charge in [-0.3, -0.25) is 4.99 Å². The number of likely N-dealkylation sites (tertiary alicyclic amines) is 1. The number of imidazole rings is 1. The van der Waals surface area contributed by atoms with Gasteiger partial charge in [-0.2, -0.15) is 0 Å². The molecule has 2 fully saturated rings. The number of aromatic nitrogens is 2. The lowest BCUT2D eigenvalue weighted by atomic mass is 9.85. The lowest BCUT2D eigenvalue weighted by Gasteiger charge is -2.39. The van der Waals surface area contributed by atoms with E-state index in [0.29, 0.717) is 12.0 Å². The zero-order valence-corrected chi connectivity index (χ0v) is 13.2. The van der Waals surface area contributed by atoms with Crippen molar-refractivity contribution < 1.29 is 0 Å². The Balaban J connectivity index is 1.61. The van der Waals surface area contributed by atoms with Crippen LogP contribution in [0.15, 0.2) is 23.7 Å². The van der Waals surface area contributed by atoms with E-state index in [-0.39, 0.29) is 0 Å². The second-order valence-corrected chi connectivity index (χ2v) is 6.51. The third kappa shape index (κ3) is 3.22. The third-order valence-electron chi connectivity index (χ3n) is 5.11. The fourth-order valence-electron chi connectivity index (χ4n) is 3.36. The maximum Gasteiger partial charge on any atom is 0.193 e. The molecule has 5 heteroatoms. The van der Waals surface area contributed by atoms with E-state index in [1.807, 2.05) is 19.6 Å². The molecule has 1 saturated heterocycles. The van der Waals surface area contributed by atoms with Gasteiger partial charge in [-0.25, -0.2) is 4.98 Å². The Kier molecular flexibility index (Phi) is 4.46. The smallest absolute Gasteiger partial charge is 0.193 e. The van der Waals surface area contributed by atoms with Crippen LogP contribution in [0.5, 0.6) is 0 Å². The zero-order chi connectivity index (χ0) is 14.7. The van der Waals surface area contributed by atoms with E-state index < -0.39 is 0 Å². The van der Waals surface area contributed by atoms with Crippen molar-refractivity contribution in [3.8, 4) is 0 Å². The maximum absolute atomic E-state index is 4.49. The summed E-state index contributed by atoms with van der Waals surface area (Å²) in [5, 5.41) is 3.57. The molecular weight excluding hydrogens is 262 g/mol. The van der Waals surface area contributed by atoms with Crippen LogP contribution in [0.2, 0.25) is 0 Å². The molecule has 21 heavy (non-hydrogen) atoms. The van der Waals surface area contributed by atoms with Gasteiger partial charge in [0.1, 0.15) is 0 Å². The highest BCUT2D eigenvalue weighted by molar-refractivity contribution is 5.80. The molecule has 1 aromatic rings. The molecule has 0 bridgehead atoms. The first-order valence-corrected chi connectivity index (χ1v) is 8.21. The zero-order valence-electron chi connectivity index (χ0n) is 13.2. The molecule has 5 nitrogen and oxygen atoms in total. The van der Waals surface area contributed by atoms with Crippen molar-refractivity contribution in [2.75, 3.05) is 26.7 Å². The lowest BCUT2D eigenvalue weighted by Crippen LogP contribution is -2.50. The molecule has 1 aliphatic heterocycles. The molecule has 0 radical (unpaired) electrons. The number of hydrogen-bond donors (Lipinski definition) is 1. The predicted octanol–water partition coefficient (Wildman–Crippen LogP) is 2.14. The van der Waals surface area contributed by atoms with Gasteiger partial charge in [0.2, 0.25) is 0 Å². The molecule has 2 aliphatic rings. The summed E-state index contributed by atoms with van der Waals surface area (Å²) in [7, 11) is 1.90. The highest BCUT2D eigenvalue weighted by Gasteiger charge is 2.29. The van der Waals surface area contributed by atoms with Gasteiger partial charge in [0.15, 0.2) is 5.96 Å². The molecule has 0 aromatic carbocycles. The van der Waals surface area contributed by atoms with E-state index in [1.54, 1.807) is 0 Å². The van der Waals surface area contributed by atoms with Gasteiger partial charge >= 0.3 is 0 Å². The van der Waals surface area contributed by atoms with Crippen molar-refractivity contribution in [1.29, 1.82) is 0 Å². The molecule has 0 spiro atoms. The normalized spacial score (nSPS) is 27.5. The number of aliphatic imine (C=N–C) groups is 1. The SMILES string of the molecule is CN=C(NCC1CCC1)N1CCC(C)C(n2ccnc2)C1. The number of hydrogen-bond acceptors (Lipinski definition) is 2. The van der Waals surface area contributed by atoms with Gasteiger partial charge < -0.3 is 14.8 Å². The number of piperidine rings is 1. The molecule has 1 N–H and O–H groups in total. The average Bonchev–Trinajstić information content (AvgIpc) is 2.96. The monoisotopic (exact) mass is 289 g/mol. The van der Waals surface area contributed by atoms with E-state index >= 15 is 0 Å². The first kappa shape index (κ1) is 14.4. The second-order valence-electron chi connectivity index (χ2n) is 6.51. The lowest BCUT2D eigenvalue weighted by molar-refractivity contribution is 0.187. The summed E-state index contributed by atoms with van der Waals surface area (Å²) >= 11 is 0. The molecule has 2 heterocycles. The van der Waals surface area contributed by atoms with Crippen LogP contribution in [0.4, 0.5) is 0 Å². The van der Waals surface area contributed by atoms with Crippen molar-refractivity contribution in [2.24, 2.45) is 16.8 Å². The van der Waals surface area contributed by atoms with Crippen molar-refractivity contribution in [3.05, 3.63) is 18.7 Å². The van der Waals surface area contributed by atoms with E-state index in [9.17, 15) is 0 Å². The number of rotatable bonds is 3. The molecule has 3 rings (SSSR count). The van der Waals surface area contributed by atoms with Crippen LogP contribution in [0.1, 0.15) is 38.6 Å². The van der Waals surface area contributed by atoms with E-state index in [4.69, 9.17) is 0 Å². The highest BCUT2D eigenvalue weighted by atomic mass is 15.3. The molecular formula is C16H27N5.